The van der Waals surface area contributed by atoms with Crippen molar-refractivity contribution in [3.05, 3.63) is 11.5 Å². The number of rotatable bonds is 2. The SMILES string of the molecule is CCN1C(=O)C(F)(F)CN(C2CCCCC2)c2nc(Cl)ncc21. The largest absolute Gasteiger partial charge is 0.345 e. The molecule has 1 aromatic rings. The van der Waals surface area contributed by atoms with Gasteiger partial charge >= 0.3 is 5.92 Å². The van der Waals surface area contributed by atoms with E-state index in [2.05, 4.69) is 9.97 Å². The number of aromatic nitrogens is 2. The second-order valence-electron chi connectivity index (χ2n) is 6.02. The average Bonchev–Trinajstić information content (AvgIpc) is 2.62. The minimum absolute atomic E-state index is 0.00159. The molecular weight excluding hydrogens is 326 g/mol. The molecule has 0 spiro atoms. The van der Waals surface area contributed by atoms with Crippen molar-refractivity contribution in [3.8, 4) is 0 Å². The van der Waals surface area contributed by atoms with Crippen LogP contribution in [0.5, 0.6) is 0 Å². The van der Waals surface area contributed by atoms with Crippen LogP contribution in [-0.2, 0) is 4.79 Å². The third kappa shape index (κ3) is 2.98. The van der Waals surface area contributed by atoms with Crippen LogP contribution in [0.4, 0.5) is 20.3 Å². The number of hydrogen-bond donors (Lipinski definition) is 0. The number of fused-ring (bicyclic) bond motifs is 1. The van der Waals surface area contributed by atoms with Gasteiger partial charge in [-0.2, -0.15) is 13.8 Å². The van der Waals surface area contributed by atoms with E-state index in [1.54, 1.807) is 11.8 Å². The lowest BCUT2D eigenvalue weighted by Gasteiger charge is -2.35. The number of nitrogens with zero attached hydrogens (tertiary/aromatic N) is 4. The van der Waals surface area contributed by atoms with Crippen molar-refractivity contribution in [1.29, 1.82) is 0 Å². The number of carbonyl (C=O) groups is 1. The maximum Gasteiger partial charge on any atom is 0.342 e. The Kier molecular flexibility index (Phi) is 4.40. The van der Waals surface area contributed by atoms with Crippen molar-refractivity contribution in [2.75, 3.05) is 22.9 Å². The lowest BCUT2D eigenvalue weighted by molar-refractivity contribution is -0.141. The molecule has 0 unspecified atom stereocenters. The lowest BCUT2D eigenvalue weighted by Crippen LogP contribution is -2.49. The van der Waals surface area contributed by atoms with Crippen molar-refractivity contribution < 1.29 is 13.6 Å². The fraction of sp³-hybridized carbons (Fsp3) is 0.667. The fourth-order valence-electron chi connectivity index (χ4n) is 3.42. The highest BCUT2D eigenvalue weighted by molar-refractivity contribution is 6.28. The summed E-state index contributed by atoms with van der Waals surface area (Å²) in [5.74, 6) is -4.32. The Morgan fingerprint density at radius 3 is 2.70 bits per heavy atom. The van der Waals surface area contributed by atoms with Gasteiger partial charge in [-0.15, -0.1) is 0 Å². The van der Waals surface area contributed by atoms with Gasteiger partial charge < -0.3 is 9.80 Å². The Labute approximate surface area is 138 Å². The molecule has 1 aromatic heterocycles. The summed E-state index contributed by atoms with van der Waals surface area (Å²) in [6, 6.07) is -0.0519. The predicted molar refractivity (Wildman–Crippen MR) is 84.2 cm³/mol. The molecule has 1 saturated carbocycles. The molecule has 0 N–H and O–H groups in total. The number of carbonyl (C=O) groups excluding carboxylic acids is 1. The van der Waals surface area contributed by atoms with Crippen molar-refractivity contribution in [2.45, 2.75) is 51.0 Å². The number of anilines is 2. The number of amides is 1. The van der Waals surface area contributed by atoms with Gasteiger partial charge in [-0.05, 0) is 31.4 Å². The van der Waals surface area contributed by atoms with E-state index in [9.17, 15) is 13.6 Å². The van der Waals surface area contributed by atoms with Crippen molar-refractivity contribution in [1.82, 2.24) is 9.97 Å². The van der Waals surface area contributed by atoms with Gasteiger partial charge in [0.2, 0.25) is 5.28 Å². The van der Waals surface area contributed by atoms with Gasteiger partial charge in [0.05, 0.1) is 12.7 Å². The minimum Gasteiger partial charge on any atom is -0.345 e. The third-order valence-corrected chi connectivity index (χ3v) is 4.72. The molecule has 0 atom stereocenters. The summed E-state index contributed by atoms with van der Waals surface area (Å²) >= 11 is 5.89. The van der Waals surface area contributed by atoms with Crippen LogP contribution in [-0.4, -0.2) is 40.9 Å². The van der Waals surface area contributed by atoms with E-state index in [0.29, 0.717) is 11.5 Å². The Morgan fingerprint density at radius 2 is 2.04 bits per heavy atom. The van der Waals surface area contributed by atoms with Gasteiger partial charge in [0.25, 0.3) is 5.91 Å². The Balaban J connectivity index is 2.10. The molecule has 1 amide bonds. The van der Waals surface area contributed by atoms with Crippen LogP contribution >= 0.6 is 11.6 Å². The molecule has 2 aliphatic rings. The highest BCUT2D eigenvalue weighted by atomic mass is 35.5. The molecule has 3 rings (SSSR count). The molecule has 23 heavy (non-hydrogen) atoms. The summed E-state index contributed by atoms with van der Waals surface area (Å²) in [5.41, 5.74) is 0.310. The van der Waals surface area contributed by atoms with E-state index >= 15 is 0 Å². The van der Waals surface area contributed by atoms with E-state index < -0.39 is 18.4 Å². The van der Waals surface area contributed by atoms with Crippen LogP contribution in [0.3, 0.4) is 0 Å². The average molecular weight is 345 g/mol. The van der Waals surface area contributed by atoms with Crippen LogP contribution in [0, 0.1) is 0 Å². The van der Waals surface area contributed by atoms with Gasteiger partial charge in [0.15, 0.2) is 5.82 Å². The molecule has 0 saturated heterocycles. The van der Waals surface area contributed by atoms with Crippen molar-refractivity contribution in [2.24, 2.45) is 0 Å². The summed E-state index contributed by atoms with van der Waals surface area (Å²) in [5, 5.41) is -0.00159. The zero-order valence-electron chi connectivity index (χ0n) is 12.9. The van der Waals surface area contributed by atoms with E-state index in [4.69, 9.17) is 11.6 Å². The summed E-state index contributed by atoms with van der Waals surface area (Å²) in [7, 11) is 0. The Hall–Kier alpha value is -1.50. The first-order chi connectivity index (χ1) is 10.9. The molecule has 126 valence electrons. The molecule has 1 fully saturated rings. The fourth-order valence-corrected chi connectivity index (χ4v) is 3.55. The van der Waals surface area contributed by atoms with Gasteiger partial charge in [-0.3, -0.25) is 4.79 Å². The smallest absolute Gasteiger partial charge is 0.342 e. The molecule has 0 bridgehead atoms. The summed E-state index contributed by atoms with van der Waals surface area (Å²) in [4.78, 5) is 22.9. The van der Waals surface area contributed by atoms with Gasteiger partial charge in [0.1, 0.15) is 5.69 Å². The zero-order chi connectivity index (χ0) is 16.6. The van der Waals surface area contributed by atoms with Crippen molar-refractivity contribution in [3.63, 3.8) is 0 Å². The summed E-state index contributed by atoms with van der Waals surface area (Å²) in [6.45, 7) is 1.13. The molecule has 5 nitrogen and oxygen atoms in total. The van der Waals surface area contributed by atoms with E-state index in [1.807, 2.05) is 0 Å². The second-order valence-corrected chi connectivity index (χ2v) is 6.36. The molecule has 2 heterocycles. The van der Waals surface area contributed by atoms with Crippen LogP contribution < -0.4 is 9.80 Å². The number of halogens is 3. The van der Waals surface area contributed by atoms with E-state index in [0.717, 1.165) is 37.0 Å². The van der Waals surface area contributed by atoms with E-state index in [1.165, 1.54) is 6.20 Å². The molecule has 1 aliphatic carbocycles. The van der Waals surface area contributed by atoms with Crippen molar-refractivity contribution >= 4 is 29.0 Å². The molecular formula is C15H19ClF2N4O. The summed E-state index contributed by atoms with van der Waals surface area (Å²) < 4.78 is 28.9. The molecule has 0 aromatic carbocycles. The first kappa shape index (κ1) is 16.4. The van der Waals surface area contributed by atoms with Crippen LogP contribution in [0.25, 0.3) is 0 Å². The highest BCUT2D eigenvalue weighted by Gasteiger charge is 2.49. The molecule has 0 radical (unpaired) electrons. The summed E-state index contributed by atoms with van der Waals surface area (Å²) in [6.07, 6.45) is 6.09. The molecule has 1 aliphatic heterocycles. The maximum absolute atomic E-state index is 14.5. The van der Waals surface area contributed by atoms with Crippen LogP contribution in [0.15, 0.2) is 6.20 Å². The number of alkyl halides is 2. The van der Waals surface area contributed by atoms with Crippen LogP contribution in [0.1, 0.15) is 39.0 Å². The minimum atomic E-state index is -3.46. The number of hydrogen-bond acceptors (Lipinski definition) is 4. The zero-order valence-corrected chi connectivity index (χ0v) is 13.7. The first-order valence-electron chi connectivity index (χ1n) is 7.93. The standard InChI is InChI=1S/C15H19ClF2N4O/c1-2-21-11-8-19-14(16)20-12(11)22(9-15(17,18)13(21)23)10-6-4-3-5-7-10/h8,10H,2-7,9H2,1H3. The van der Waals surface area contributed by atoms with Crippen LogP contribution in [0.2, 0.25) is 5.28 Å². The van der Waals surface area contributed by atoms with Gasteiger partial charge in [-0.25, -0.2) is 4.98 Å². The van der Waals surface area contributed by atoms with Gasteiger partial charge in [0, 0.05) is 12.6 Å². The maximum atomic E-state index is 14.5. The monoisotopic (exact) mass is 344 g/mol. The normalized spacial score (nSPS) is 22.0. The predicted octanol–water partition coefficient (Wildman–Crippen LogP) is 3.27. The Bertz CT molecular complexity index is 607. The molecule has 8 heteroatoms. The van der Waals surface area contributed by atoms with E-state index in [-0.39, 0.29) is 17.9 Å². The Morgan fingerprint density at radius 1 is 1.35 bits per heavy atom. The quantitative estimate of drug-likeness (QED) is 0.773. The lowest BCUT2D eigenvalue weighted by atomic mass is 9.94. The second kappa shape index (κ2) is 6.19. The van der Waals surface area contributed by atoms with Gasteiger partial charge in [-0.1, -0.05) is 19.3 Å². The topological polar surface area (TPSA) is 49.3 Å². The highest BCUT2D eigenvalue weighted by Crippen LogP contribution is 2.39. The third-order valence-electron chi connectivity index (χ3n) is 4.54. The first-order valence-corrected chi connectivity index (χ1v) is 8.31.